The Kier molecular flexibility index (Phi) is 17.3. The Bertz CT molecular complexity index is 1510. The van der Waals surface area contributed by atoms with Crippen LogP contribution in [0.5, 0.6) is 0 Å². The van der Waals surface area contributed by atoms with Crippen LogP contribution in [0.15, 0.2) is 109 Å². The first-order chi connectivity index (χ1) is 17.5. The number of hydrogen-bond donors (Lipinski definition) is 0. The van der Waals surface area contributed by atoms with E-state index in [0.29, 0.717) is 0 Å². The van der Waals surface area contributed by atoms with Crippen molar-refractivity contribution in [2.75, 3.05) is 0 Å². The van der Waals surface area contributed by atoms with Gasteiger partial charge in [-0.2, -0.15) is 12.1 Å². The van der Waals surface area contributed by atoms with Gasteiger partial charge < -0.3 is 14.9 Å². The van der Waals surface area contributed by atoms with Gasteiger partial charge in [0.2, 0.25) is 0 Å². The minimum atomic E-state index is 0. The summed E-state index contributed by atoms with van der Waals surface area (Å²) in [6.45, 7) is 7.31. The molecule has 0 atom stereocenters. The normalized spacial score (nSPS) is 9.38. The Morgan fingerprint density at radius 1 is 0.525 bits per heavy atom. The standard InChI is InChI=1S/2C16H12Cl.2CH3.2ClH.Si.Zr/c2*1-11-9-12-5-4-7-13(15(12)10-11)14-6-2-3-8-16(14)17;;;;;;/h2*2-10H,1H3;2*1H3;2*1H;;/q4*-1;;;;. The van der Waals surface area contributed by atoms with E-state index in [4.69, 9.17) is 23.2 Å². The molecule has 6 heteroatoms. The maximum absolute atomic E-state index is 6.27. The number of benzene rings is 4. The fourth-order valence-electron chi connectivity index (χ4n) is 4.60. The van der Waals surface area contributed by atoms with Crippen molar-refractivity contribution in [3.8, 4) is 22.3 Å². The fraction of sp³-hybridized carbons (Fsp3) is 0.0588. The van der Waals surface area contributed by atoms with Crippen LogP contribution in [0.2, 0.25) is 10.0 Å². The molecule has 0 aromatic heterocycles. The molecule has 0 fully saturated rings. The molecule has 0 saturated heterocycles. The zero-order valence-corrected chi connectivity index (χ0v) is 29.6. The van der Waals surface area contributed by atoms with Crippen molar-refractivity contribution in [3.05, 3.63) is 145 Å². The number of aryl methyl sites for hydroxylation is 2. The van der Waals surface area contributed by atoms with Crippen LogP contribution in [0.3, 0.4) is 0 Å². The molecular weight excluding hydrogens is 669 g/mol. The van der Waals surface area contributed by atoms with E-state index in [1.54, 1.807) is 0 Å². The van der Waals surface area contributed by atoms with Gasteiger partial charge in [0.15, 0.2) is 0 Å². The molecule has 208 valence electrons. The van der Waals surface area contributed by atoms with Gasteiger partial charge >= 0.3 is 30.2 Å². The Balaban J connectivity index is 0.000000655. The van der Waals surface area contributed by atoms with Crippen molar-refractivity contribution >= 4 is 76.4 Å². The van der Waals surface area contributed by atoms with Crippen LogP contribution in [0.25, 0.3) is 43.8 Å². The summed E-state index contributed by atoms with van der Waals surface area (Å²) in [5.41, 5.74) is 7.21. The zero-order valence-electron chi connectivity index (χ0n) is 23.0. The molecule has 0 amide bonds. The molecule has 0 spiro atoms. The van der Waals surface area contributed by atoms with E-state index in [1.165, 1.54) is 67.1 Å². The Morgan fingerprint density at radius 3 is 1.20 bits per heavy atom. The molecule has 40 heavy (non-hydrogen) atoms. The summed E-state index contributed by atoms with van der Waals surface area (Å²) in [6.07, 6.45) is 0. The molecule has 0 bridgehead atoms. The molecule has 6 aromatic carbocycles. The Labute approximate surface area is 278 Å². The molecule has 0 heterocycles. The van der Waals surface area contributed by atoms with Crippen LogP contribution in [0, 0.1) is 28.7 Å². The zero-order chi connectivity index (χ0) is 25.7. The molecule has 6 aromatic rings. The van der Waals surface area contributed by atoms with Crippen LogP contribution < -0.4 is 0 Å². The molecule has 0 unspecified atom stereocenters. The first-order valence-corrected chi connectivity index (χ1v) is 16.5. The minimum absolute atomic E-state index is 0. The summed E-state index contributed by atoms with van der Waals surface area (Å²) in [5, 5.41) is 6.72. The van der Waals surface area contributed by atoms with E-state index >= 15 is 0 Å². The van der Waals surface area contributed by atoms with E-state index < -0.39 is 0 Å². The number of rotatable bonds is 2. The summed E-state index contributed by atoms with van der Waals surface area (Å²) >= 11 is 13.9. The molecule has 0 nitrogen and oxygen atoms in total. The van der Waals surface area contributed by atoms with Crippen molar-refractivity contribution in [3.63, 3.8) is 0 Å². The first-order valence-electron chi connectivity index (χ1n) is 11.6. The number of halogens is 4. The van der Waals surface area contributed by atoms with E-state index in [1.807, 2.05) is 36.4 Å². The van der Waals surface area contributed by atoms with Gasteiger partial charge in [0.25, 0.3) is 0 Å². The molecule has 6 rings (SSSR count). The van der Waals surface area contributed by atoms with Crippen LogP contribution in [0.1, 0.15) is 11.1 Å². The molecule has 0 aliphatic rings. The van der Waals surface area contributed by atoms with Gasteiger partial charge in [-0.1, -0.05) is 96.7 Å². The van der Waals surface area contributed by atoms with Crippen LogP contribution >= 0.6 is 48.0 Å². The van der Waals surface area contributed by atoms with Crippen molar-refractivity contribution in [2.24, 2.45) is 0 Å². The molecule has 0 aliphatic carbocycles. The van der Waals surface area contributed by atoms with Crippen molar-refractivity contribution < 1.29 is 23.3 Å². The predicted molar refractivity (Wildman–Crippen MR) is 183 cm³/mol. The maximum atomic E-state index is 6.27. The Morgan fingerprint density at radius 2 is 0.850 bits per heavy atom. The van der Waals surface area contributed by atoms with Gasteiger partial charge in [0, 0.05) is 10.0 Å². The summed E-state index contributed by atoms with van der Waals surface area (Å²) in [5.74, 6) is 0. The third-order valence-corrected chi connectivity index (χ3v) is 6.78. The first kappa shape index (κ1) is 38.4. The molecule has 0 saturated carbocycles. The van der Waals surface area contributed by atoms with Crippen LogP contribution in [-0.2, 0) is 23.3 Å². The SMILES string of the molecule is Cc1cc2c(-c3ccccc3Cl)cccc2[cH-]1.Cc1cc2c(-c3ccccc3Cl)cccc2[cH-]1.Cl.Cl.[CH3-].[CH3-].[Si]=[Zr]. The fourth-order valence-corrected chi connectivity index (χ4v) is 5.07. The van der Waals surface area contributed by atoms with Crippen LogP contribution in [0.4, 0.5) is 0 Å². The van der Waals surface area contributed by atoms with Crippen molar-refractivity contribution in [1.82, 2.24) is 0 Å². The van der Waals surface area contributed by atoms with Crippen molar-refractivity contribution in [2.45, 2.75) is 13.8 Å². The quantitative estimate of drug-likeness (QED) is 0.125. The van der Waals surface area contributed by atoms with Gasteiger partial charge in [0.05, 0.1) is 0 Å². The average molecular weight is 702 g/mol. The monoisotopic (exact) mass is 698 g/mol. The molecule has 0 aliphatic heterocycles. The van der Waals surface area contributed by atoms with E-state index in [0.717, 1.165) is 21.2 Å². The molecule has 2 radical (unpaired) electrons. The molecule has 0 N–H and O–H groups in total. The van der Waals surface area contributed by atoms with E-state index in [9.17, 15) is 0 Å². The second kappa shape index (κ2) is 18.0. The molecular formula is C34H32Cl4SiZr-4. The van der Waals surface area contributed by atoms with Crippen molar-refractivity contribution in [1.29, 1.82) is 0 Å². The summed E-state index contributed by atoms with van der Waals surface area (Å²) < 4.78 is 0. The third-order valence-electron chi connectivity index (χ3n) is 6.12. The number of hydrogen-bond acceptors (Lipinski definition) is 0. The van der Waals surface area contributed by atoms with Crippen LogP contribution in [-0.4, -0.2) is 6.88 Å². The summed E-state index contributed by atoms with van der Waals surface area (Å²) in [7, 11) is 0. The van der Waals surface area contributed by atoms with E-state index in [2.05, 4.69) is 93.5 Å². The second-order valence-corrected chi connectivity index (χ2v) is 9.46. The topological polar surface area (TPSA) is 0 Å². The van der Waals surface area contributed by atoms with Gasteiger partial charge in [-0.15, -0.1) is 93.9 Å². The Hall–Kier alpha value is -1.64. The number of fused-ring (bicyclic) bond motifs is 2. The van der Waals surface area contributed by atoms with Gasteiger partial charge in [-0.25, -0.2) is 0 Å². The summed E-state index contributed by atoms with van der Waals surface area (Å²) in [6, 6.07) is 37.5. The predicted octanol–water partition coefficient (Wildman–Crippen LogP) is 11.7. The summed E-state index contributed by atoms with van der Waals surface area (Å²) in [4.78, 5) is 0. The van der Waals surface area contributed by atoms with Gasteiger partial charge in [-0.05, 0) is 23.3 Å². The van der Waals surface area contributed by atoms with E-state index in [-0.39, 0.29) is 39.7 Å². The second-order valence-electron chi connectivity index (χ2n) is 8.64. The average Bonchev–Trinajstić information content (AvgIpc) is 3.47. The van der Waals surface area contributed by atoms with Gasteiger partial charge in [0.1, 0.15) is 0 Å². The third kappa shape index (κ3) is 8.68. The van der Waals surface area contributed by atoms with Gasteiger partial charge in [-0.3, -0.25) is 0 Å².